The van der Waals surface area contributed by atoms with Gasteiger partial charge < -0.3 is 15.3 Å². The normalized spacial score (nSPS) is 15.3. The average molecular weight is 1030 g/mol. The Morgan fingerprint density at radius 3 is 0.534 bits per heavy atom. The van der Waals surface area contributed by atoms with E-state index in [4.69, 9.17) is 15.3 Å². The third-order valence-electron chi connectivity index (χ3n) is 6.24. The summed E-state index contributed by atoms with van der Waals surface area (Å²) in [6.45, 7) is 10.9. The summed E-state index contributed by atoms with van der Waals surface area (Å²) < 4.78 is 259. The minimum atomic E-state index is -6.57. The molecule has 0 aromatic rings. The maximum absolute atomic E-state index is 12.9. The van der Waals surface area contributed by atoms with Crippen molar-refractivity contribution < 1.29 is 158 Å². The second-order valence-corrected chi connectivity index (χ2v) is 14.4. The van der Waals surface area contributed by atoms with Gasteiger partial charge in [-0.2, -0.15) is 92.2 Å². The van der Waals surface area contributed by atoms with Crippen molar-refractivity contribution in [2.24, 2.45) is 16.2 Å². The molecule has 0 aromatic heterocycles. The van der Waals surface area contributed by atoms with E-state index >= 15 is 0 Å². The SMILES string of the molecule is CC(C)(C)C(=O)/C=C(\O)C(F)(F)C(F)(F)C(F)(F)F.CC(C)(C)C(=O)/C=C(\O)C(F)(F)C(F)(F)C(F)(F)F.CC(C)(C)C(=O)/C=C(\O)C(F)(F)C(F)(F)C(F)(F)F.[La]. The van der Waals surface area contributed by atoms with Crippen LogP contribution in [0.4, 0.5) is 92.2 Å². The topological polar surface area (TPSA) is 112 Å². The average Bonchev–Trinajstić information content (AvgIpc) is 2.93. The molecule has 0 amide bonds. The summed E-state index contributed by atoms with van der Waals surface area (Å²) in [5, 5.41) is 26.2. The van der Waals surface area contributed by atoms with Gasteiger partial charge in [0.15, 0.2) is 34.6 Å². The Hall–Kier alpha value is -2.65. The number of aliphatic hydroxyl groups excluding tert-OH is 3. The molecule has 0 aliphatic rings. The van der Waals surface area contributed by atoms with Crippen LogP contribution in [0.2, 0.25) is 0 Å². The van der Waals surface area contributed by atoms with Crippen LogP contribution in [-0.4, -0.2) is 86.7 Å². The molecule has 0 heterocycles. The molecule has 28 heteroatoms. The summed E-state index contributed by atoms with van der Waals surface area (Å²) >= 11 is 0. The summed E-state index contributed by atoms with van der Waals surface area (Å²) in [5.41, 5.74) is -3.97. The van der Waals surface area contributed by atoms with Crippen molar-refractivity contribution in [2.75, 3.05) is 0 Å². The smallest absolute Gasteiger partial charge is 0.460 e. The molecule has 0 aliphatic heterocycles. The van der Waals surface area contributed by atoms with E-state index in [-0.39, 0.29) is 53.8 Å². The fraction of sp³-hybridized carbons (Fsp3) is 0.700. The van der Waals surface area contributed by atoms with Gasteiger partial charge in [-0.3, -0.25) is 14.4 Å². The third-order valence-corrected chi connectivity index (χ3v) is 6.24. The van der Waals surface area contributed by atoms with Crippen LogP contribution in [0.3, 0.4) is 0 Å². The van der Waals surface area contributed by atoms with Crippen LogP contribution in [0, 0.1) is 51.8 Å². The Labute approximate surface area is 342 Å². The zero-order valence-corrected chi connectivity index (χ0v) is 34.4. The van der Waals surface area contributed by atoms with Crippen LogP contribution in [0.25, 0.3) is 0 Å². The standard InChI is InChI=1S/3C10H11F7O2.La/c3*1-7(2,3)5(18)4-6(19)8(11,12)9(13,14)10(15,16)17;/h3*4,19H,1-3H3;/b3*6-4-;. The first-order valence-electron chi connectivity index (χ1n) is 14.5. The molecule has 0 aromatic carbocycles. The van der Waals surface area contributed by atoms with Gasteiger partial charge in [-0.25, -0.2) is 0 Å². The van der Waals surface area contributed by atoms with E-state index in [0.717, 1.165) is 0 Å². The Kier molecular flexibility index (Phi) is 20.3. The number of hydrogen-bond donors (Lipinski definition) is 3. The zero-order chi connectivity index (χ0) is 47.6. The number of alkyl halides is 21. The van der Waals surface area contributed by atoms with Gasteiger partial charge >= 0.3 is 54.1 Å². The van der Waals surface area contributed by atoms with Crippen molar-refractivity contribution in [1.29, 1.82) is 0 Å². The summed E-state index contributed by atoms with van der Waals surface area (Å²) in [6.07, 6.45) is -20.7. The van der Waals surface area contributed by atoms with Gasteiger partial charge in [-0.05, 0) is 0 Å². The van der Waals surface area contributed by atoms with Crippen LogP contribution in [0.1, 0.15) is 62.3 Å². The zero-order valence-electron chi connectivity index (χ0n) is 30.8. The van der Waals surface area contributed by atoms with Gasteiger partial charge in [-0.15, -0.1) is 0 Å². The van der Waals surface area contributed by atoms with Crippen molar-refractivity contribution in [3.05, 3.63) is 35.5 Å². The molecular weight excluding hydrogens is 994 g/mol. The van der Waals surface area contributed by atoms with Crippen molar-refractivity contribution in [1.82, 2.24) is 0 Å². The number of hydrogen-bond acceptors (Lipinski definition) is 6. The van der Waals surface area contributed by atoms with E-state index in [9.17, 15) is 107 Å². The molecule has 1 radical (unpaired) electrons. The molecule has 58 heavy (non-hydrogen) atoms. The van der Waals surface area contributed by atoms with E-state index in [2.05, 4.69) is 0 Å². The van der Waals surface area contributed by atoms with Gasteiger partial charge in [-0.1, -0.05) is 62.3 Å². The van der Waals surface area contributed by atoms with Crippen molar-refractivity contribution in [2.45, 2.75) is 116 Å². The molecule has 6 nitrogen and oxygen atoms in total. The molecule has 0 saturated carbocycles. The Morgan fingerprint density at radius 2 is 0.448 bits per heavy atom. The number of halogens is 21. The van der Waals surface area contributed by atoms with Crippen LogP contribution >= 0.6 is 0 Å². The molecule has 0 saturated heterocycles. The van der Waals surface area contributed by atoms with Crippen LogP contribution in [0.5, 0.6) is 0 Å². The van der Waals surface area contributed by atoms with Crippen molar-refractivity contribution in [3.8, 4) is 0 Å². The quantitative estimate of drug-likeness (QED) is 0.121. The first-order valence-corrected chi connectivity index (χ1v) is 14.5. The van der Waals surface area contributed by atoms with E-state index in [1.165, 1.54) is 62.3 Å². The van der Waals surface area contributed by atoms with Gasteiger partial charge in [0, 0.05) is 70.1 Å². The molecule has 0 unspecified atom stereocenters. The molecule has 0 aliphatic carbocycles. The largest absolute Gasteiger partial charge is 0.506 e. The van der Waals surface area contributed by atoms with Gasteiger partial charge in [0.2, 0.25) is 0 Å². The van der Waals surface area contributed by atoms with Crippen LogP contribution in [0.15, 0.2) is 35.5 Å². The van der Waals surface area contributed by atoms with Crippen molar-refractivity contribution in [3.63, 3.8) is 0 Å². The summed E-state index contributed by atoms with van der Waals surface area (Å²) in [6, 6.07) is 0. The molecule has 3 N–H and O–H groups in total. The monoisotopic (exact) mass is 1030 g/mol. The van der Waals surface area contributed by atoms with E-state index in [1.54, 1.807) is 0 Å². The Bertz CT molecular complexity index is 1350. The second-order valence-electron chi connectivity index (χ2n) is 14.4. The number of aliphatic hydroxyl groups is 3. The van der Waals surface area contributed by atoms with E-state index < -0.39 is 105 Å². The predicted octanol–water partition coefficient (Wildman–Crippen LogP) is 11.6. The predicted molar refractivity (Wildman–Crippen MR) is 153 cm³/mol. The van der Waals surface area contributed by atoms with E-state index in [1.807, 2.05) is 0 Å². The third kappa shape index (κ3) is 14.8. The first kappa shape index (κ1) is 62.0. The fourth-order valence-electron chi connectivity index (χ4n) is 2.31. The van der Waals surface area contributed by atoms with Gasteiger partial charge in [0.25, 0.3) is 0 Å². The minimum Gasteiger partial charge on any atom is -0.506 e. The van der Waals surface area contributed by atoms with Gasteiger partial charge in [0.05, 0.1) is 0 Å². The molecule has 0 fully saturated rings. The molecule has 0 spiro atoms. The second kappa shape index (κ2) is 19.0. The van der Waals surface area contributed by atoms with E-state index in [0.29, 0.717) is 0 Å². The number of ketones is 3. The summed E-state index contributed by atoms with van der Waals surface area (Å²) in [4.78, 5) is 33.6. The van der Waals surface area contributed by atoms with Gasteiger partial charge in [0.1, 0.15) is 0 Å². The molecular formula is C30H33F21LaO6. The molecule has 0 atom stereocenters. The summed E-state index contributed by atoms with van der Waals surface area (Å²) in [5.74, 6) is -48.8. The Morgan fingerprint density at radius 1 is 0.328 bits per heavy atom. The van der Waals surface area contributed by atoms with Crippen molar-refractivity contribution >= 4 is 17.3 Å². The van der Waals surface area contributed by atoms with Crippen LogP contribution < -0.4 is 0 Å². The maximum Gasteiger partial charge on any atom is 0.460 e. The number of rotatable bonds is 9. The number of allylic oxidation sites excluding steroid dienone is 6. The first-order chi connectivity index (χ1) is 24.1. The fourth-order valence-corrected chi connectivity index (χ4v) is 2.31. The molecule has 0 rings (SSSR count). The molecule has 339 valence electrons. The Balaban J connectivity index is -0.000000374. The molecule has 0 bridgehead atoms. The number of carbonyl (C=O) groups excluding carboxylic acids is 3. The maximum atomic E-state index is 12.9. The minimum absolute atomic E-state index is 0. The summed E-state index contributed by atoms with van der Waals surface area (Å²) in [7, 11) is 0. The van der Waals surface area contributed by atoms with Crippen LogP contribution in [-0.2, 0) is 14.4 Å². The number of carbonyl (C=O) groups is 3.